The second kappa shape index (κ2) is 6.17. The zero-order chi connectivity index (χ0) is 14.8. The number of nitrogens with zero attached hydrogens (tertiary/aromatic N) is 1. The molecule has 2 aromatic rings. The predicted octanol–water partition coefficient (Wildman–Crippen LogP) is 4.48. The fraction of sp³-hybridized carbons (Fsp3) is 0.389. The van der Waals surface area contributed by atoms with Gasteiger partial charge in [-0.3, -0.25) is 4.98 Å². The Kier molecular flexibility index (Phi) is 4.27. The van der Waals surface area contributed by atoms with E-state index in [4.69, 9.17) is 11.6 Å². The van der Waals surface area contributed by atoms with Crippen LogP contribution in [-0.4, -0.2) is 12.0 Å². The number of rotatable bonds is 3. The average molecular weight is 301 g/mol. The lowest BCUT2D eigenvalue weighted by molar-refractivity contribution is 0.597. The van der Waals surface area contributed by atoms with Crippen LogP contribution >= 0.6 is 11.6 Å². The summed E-state index contributed by atoms with van der Waals surface area (Å²) < 4.78 is 0. The van der Waals surface area contributed by atoms with Gasteiger partial charge in [0.2, 0.25) is 0 Å². The number of aromatic nitrogens is 1. The van der Waals surface area contributed by atoms with Gasteiger partial charge in [0.05, 0.1) is 5.69 Å². The van der Waals surface area contributed by atoms with Crippen LogP contribution in [0.3, 0.4) is 0 Å². The van der Waals surface area contributed by atoms with Crippen molar-refractivity contribution in [2.45, 2.75) is 38.1 Å². The molecule has 0 radical (unpaired) electrons. The molecule has 110 valence electrons. The van der Waals surface area contributed by atoms with E-state index in [1.165, 1.54) is 23.2 Å². The minimum absolute atomic E-state index is 0.267. The number of fused-ring (bicyclic) bond motifs is 1. The predicted molar refractivity (Wildman–Crippen MR) is 87.9 cm³/mol. The van der Waals surface area contributed by atoms with E-state index in [1.54, 1.807) is 0 Å². The molecule has 2 nitrogen and oxygen atoms in total. The fourth-order valence-corrected chi connectivity index (χ4v) is 3.55. The van der Waals surface area contributed by atoms with Gasteiger partial charge in [-0.2, -0.15) is 0 Å². The summed E-state index contributed by atoms with van der Waals surface area (Å²) in [5.41, 5.74) is 5.05. The molecule has 3 heteroatoms. The van der Waals surface area contributed by atoms with Crippen molar-refractivity contribution >= 4 is 11.6 Å². The summed E-state index contributed by atoms with van der Waals surface area (Å²) in [7, 11) is 1.95. The van der Waals surface area contributed by atoms with Crippen molar-refractivity contribution in [1.82, 2.24) is 10.3 Å². The SMILES string of the molecule is CNC(C)c1ccc(C2CCCc3cccnc32)cc1Cl. The highest BCUT2D eigenvalue weighted by Crippen LogP contribution is 2.37. The molecule has 2 unspecified atom stereocenters. The zero-order valence-corrected chi connectivity index (χ0v) is 13.3. The van der Waals surface area contributed by atoms with Gasteiger partial charge in [0.1, 0.15) is 0 Å². The van der Waals surface area contributed by atoms with E-state index in [2.05, 4.69) is 41.5 Å². The molecule has 1 aromatic carbocycles. The standard InChI is InChI=1S/C18H21ClN2/c1-12(20-2)15-9-8-14(11-17(15)19)16-7-3-5-13-6-4-10-21-18(13)16/h4,6,8-12,16,20H,3,5,7H2,1-2H3. The van der Waals surface area contributed by atoms with Crippen LogP contribution in [0, 0.1) is 0 Å². The Bertz CT molecular complexity index is 639. The van der Waals surface area contributed by atoms with Gasteiger partial charge in [-0.25, -0.2) is 0 Å². The maximum Gasteiger partial charge on any atom is 0.0510 e. The minimum Gasteiger partial charge on any atom is -0.313 e. The van der Waals surface area contributed by atoms with Crippen molar-refractivity contribution < 1.29 is 0 Å². The molecule has 0 bridgehead atoms. The first-order valence-corrected chi connectivity index (χ1v) is 7.99. The summed E-state index contributed by atoms with van der Waals surface area (Å²) in [5.74, 6) is 0.381. The van der Waals surface area contributed by atoms with E-state index in [-0.39, 0.29) is 6.04 Å². The van der Waals surface area contributed by atoms with E-state index in [0.717, 1.165) is 23.4 Å². The van der Waals surface area contributed by atoms with E-state index in [1.807, 2.05) is 19.3 Å². The van der Waals surface area contributed by atoms with Crippen LogP contribution in [0.2, 0.25) is 5.02 Å². The zero-order valence-electron chi connectivity index (χ0n) is 12.6. The Hall–Kier alpha value is -1.38. The van der Waals surface area contributed by atoms with Crippen molar-refractivity contribution in [1.29, 1.82) is 0 Å². The van der Waals surface area contributed by atoms with E-state index < -0.39 is 0 Å². The van der Waals surface area contributed by atoms with Crippen LogP contribution in [0.5, 0.6) is 0 Å². The Morgan fingerprint density at radius 1 is 1.33 bits per heavy atom. The van der Waals surface area contributed by atoms with Gasteiger partial charge in [-0.1, -0.05) is 29.8 Å². The van der Waals surface area contributed by atoms with Crippen molar-refractivity contribution in [2.75, 3.05) is 7.05 Å². The number of aryl methyl sites for hydroxylation is 1. The molecule has 1 aliphatic carbocycles. The maximum atomic E-state index is 6.49. The number of pyridine rings is 1. The fourth-order valence-electron chi connectivity index (χ4n) is 3.20. The Labute approximate surface area is 131 Å². The van der Waals surface area contributed by atoms with E-state index >= 15 is 0 Å². The van der Waals surface area contributed by atoms with Gasteiger partial charge in [0.25, 0.3) is 0 Å². The lowest BCUT2D eigenvalue weighted by atomic mass is 9.82. The largest absolute Gasteiger partial charge is 0.313 e. The van der Waals surface area contributed by atoms with Gasteiger partial charge in [-0.05, 0) is 62.1 Å². The summed E-state index contributed by atoms with van der Waals surface area (Å²) in [6.07, 6.45) is 5.41. The third-order valence-electron chi connectivity index (χ3n) is 4.52. The summed E-state index contributed by atoms with van der Waals surface area (Å²) in [4.78, 5) is 4.63. The molecular weight excluding hydrogens is 280 g/mol. The molecule has 2 atom stereocenters. The molecule has 1 heterocycles. The smallest absolute Gasteiger partial charge is 0.0510 e. The third kappa shape index (κ3) is 2.83. The quantitative estimate of drug-likeness (QED) is 0.904. The lowest BCUT2D eigenvalue weighted by Crippen LogP contribution is -2.15. The molecule has 21 heavy (non-hydrogen) atoms. The molecule has 0 saturated carbocycles. The lowest BCUT2D eigenvalue weighted by Gasteiger charge is -2.25. The molecule has 1 N–H and O–H groups in total. The molecule has 0 aliphatic heterocycles. The summed E-state index contributed by atoms with van der Waals surface area (Å²) in [6.45, 7) is 2.12. The molecule has 0 amide bonds. The van der Waals surface area contributed by atoms with Crippen LogP contribution in [0.25, 0.3) is 0 Å². The second-order valence-corrected chi connectivity index (χ2v) is 6.19. The van der Waals surface area contributed by atoms with Crippen molar-refractivity contribution in [2.24, 2.45) is 0 Å². The van der Waals surface area contributed by atoms with Gasteiger partial charge >= 0.3 is 0 Å². The minimum atomic E-state index is 0.267. The van der Waals surface area contributed by atoms with Crippen LogP contribution in [0.15, 0.2) is 36.5 Å². The van der Waals surface area contributed by atoms with E-state index in [9.17, 15) is 0 Å². The summed E-state index contributed by atoms with van der Waals surface area (Å²) in [5, 5.41) is 4.08. The highest BCUT2D eigenvalue weighted by atomic mass is 35.5. The van der Waals surface area contributed by atoms with E-state index in [0.29, 0.717) is 5.92 Å². The topological polar surface area (TPSA) is 24.9 Å². The number of halogens is 1. The van der Waals surface area contributed by atoms with Gasteiger partial charge in [-0.15, -0.1) is 0 Å². The van der Waals surface area contributed by atoms with Gasteiger partial charge in [0, 0.05) is 23.2 Å². The second-order valence-electron chi connectivity index (χ2n) is 5.78. The Balaban J connectivity index is 1.97. The third-order valence-corrected chi connectivity index (χ3v) is 4.85. The normalized spacial score (nSPS) is 19.1. The Morgan fingerprint density at radius 3 is 2.95 bits per heavy atom. The Morgan fingerprint density at radius 2 is 2.19 bits per heavy atom. The highest BCUT2D eigenvalue weighted by molar-refractivity contribution is 6.31. The molecule has 1 aliphatic rings. The van der Waals surface area contributed by atoms with Crippen LogP contribution in [-0.2, 0) is 6.42 Å². The number of hydrogen-bond donors (Lipinski definition) is 1. The summed E-state index contributed by atoms with van der Waals surface area (Å²) in [6, 6.07) is 11.0. The molecule has 0 saturated heterocycles. The van der Waals surface area contributed by atoms with Gasteiger partial charge in [0.15, 0.2) is 0 Å². The van der Waals surface area contributed by atoms with Crippen molar-refractivity contribution in [3.05, 3.63) is 63.9 Å². The van der Waals surface area contributed by atoms with Crippen LogP contribution in [0.4, 0.5) is 0 Å². The number of nitrogens with one attached hydrogen (secondary N) is 1. The van der Waals surface area contributed by atoms with Crippen LogP contribution in [0.1, 0.15) is 54.1 Å². The highest BCUT2D eigenvalue weighted by Gasteiger charge is 2.23. The molecule has 0 fully saturated rings. The molecular formula is C18H21ClN2. The average Bonchev–Trinajstić information content (AvgIpc) is 2.53. The number of benzene rings is 1. The van der Waals surface area contributed by atoms with Crippen LogP contribution < -0.4 is 5.32 Å². The molecule has 0 spiro atoms. The molecule has 3 rings (SSSR count). The van der Waals surface area contributed by atoms with Crippen molar-refractivity contribution in [3.63, 3.8) is 0 Å². The van der Waals surface area contributed by atoms with Gasteiger partial charge < -0.3 is 5.32 Å². The first kappa shape index (κ1) is 14.6. The number of hydrogen-bond acceptors (Lipinski definition) is 2. The first-order valence-electron chi connectivity index (χ1n) is 7.61. The summed E-state index contributed by atoms with van der Waals surface area (Å²) >= 11 is 6.49. The monoisotopic (exact) mass is 300 g/mol. The maximum absolute atomic E-state index is 6.49. The molecule has 1 aromatic heterocycles. The van der Waals surface area contributed by atoms with Crippen molar-refractivity contribution in [3.8, 4) is 0 Å². The first-order chi connectivity index (χ1) is 10.2.